The summed E-state index contributed by atoms with van der Waals surface area (Å²) in [7, 11) is -2.43. The molecule has 6 nitrogen and oxygen atoms in total. The lowest BCUT2D eigenvalue weighted by Crippen LogP contribution is -2.42. The smallest absolute Gasteiger partial charge is 0.264 e. The van der Waals surface area contributed by atoms with Crippen LogP contribution in [0.2, 0.25) is 5.02 Å². The van der Waals surface area contributed by atoms with Crippen LogP contribution < -0.4 is 14.4 Å². The van der Waals surface area contributed by atoms with Gasteiger partial charge in [-0.15, -0.1) is 0 Å². The van der Waals surface area contributed by atoms with Gasteiger partial charge in [0, 0.05) is 5.02 Å². The van der Waals surface area contributed by atoms with Crippen molar-refractivity contribution in [3.05, 3.63) is 88.4 Å². The number of anilines is 1. The SMILES string of the molecule is COc1ccc([C@@H](C)NC(=O)CN(c2cccc(Cl)c2C)S(=O)(=O)c2ccc(C)cc2)cc1. The second-order valence-electron chi connectivity index (χ2n) is 7.77. The van der Waals surface area contributed by atoms with Crippen molar-refractivity contribution in [2.45, 2.75) is 31.7 Å². The lowest BCUT2D eigenvalue weighted by Gasteiger charge is -2.27. The molecule has 0 aliphatic rings. The number of nitrogens with zero attached hydrogens (tertiary/aromatic N) is 1. The predicted octanol–water partition coefficient (Wildman–Crippen LogP) is 5.04. The number of amides is 1. The molecule has 0 saturated carbocycles. The van der Waals surface area contributed by atoms with E-state index in [2.05, 4.69) is 5.32 Å². The van der Waals surface area contributed by atoms with Crippen LogP contribution >= 0.6 is 11.6 Å². The van der Waals surface area contributed by atoms with E-state index >= 15 is 0 Å². The average Bonchev–Trinajstić information content (AvgIpc) is 2.79. The molecule has 1 N–H and O–H groups in total. The number of methoxy groups -OCH3 is 1. The van der Waals surface area contributed by atoms with Crippen LogP contribution in [0.25, 0.3) is 0 Å². The molecule has 8 heteroatoms. The van der Waals surface area contributed by atoms with E-state index in [1.807, 2.05) is 38.1 Å². The first kappa shape index (κ1) is 24.6. The summed E-state index contributed by atoms with van der Waals surface area (Å²) in [6.45, 7) is 5.05. The highest BCUT2D eigenvalue weighted by molar-refractivity contribution is 7.92. The second kappa shape index (κ2) is 10.3. The lowest BCUT2D eigenvalue weighted by molar-refractivity contribution is -0.120. The number of hydrogen-bond acceptors (Lipinski definition) is 4. The minimum absolute atomic E-state index is 0.100. The van der Waals surface area contributed by atoms with E-state index in [0.29, 0.717) is 22.0 Å². The van der Waals surface area contributed by atoms with Gasteiger partial charge in [0.1, 0.15) is 12.3 Å². The van der Waals surface area contributed by atoms with Gasteiger partial charge in [-0.2, -0.15) is 0 Å². The summed E-state index contributed by atoms with van der Waals surface area (Å²) < 4.78 is 33.4. The van der Waals surface area contributed by atoms with Crippen LogP contribution in [-0.2, 0) is 14.8 Å². The molecule has 0 fully saturated rings. The maximum absolute atomic E-state index is 13.6. The van der Waals surface area contributed by atoms with Crippen LogP contribution in [-0.4, -0.2) is 28.0 Å². The zero-order chi connectivity index (χ0) is 24.2. The molecule has 3 aromatic carbocycles. The van der Waals surface area contributed by atoms with Gasteiger partial charge in [0.05, 0.1) is 23.7 Å². The Morgan fingerprint density at radius 1 is 1.03 bits per heavy atom. The molecule has 0 unspecified atom stereocenters. The average molecular weight is 487 g/mol. The summed E-state index contributed by atoms with van der Waals surface area (Å²) in [5, 5.41) is 3.30. The lowest BCUT2D eigenvalue weighted by atomic mass is 10.1. The first-order valence-corrected chi connectivity index (χ1v) is 12.2. The monoisotopic (exact) mass is 486 g/mol. The predicted molar refractivity (Wildman–Crippen MR) is 131 cm³/mol. The van der Waals surface area contributed by atoms with Crippen LogP contribution in [0, 0.1) is 13.8 Å². The van der Waals surface area contributed by atoms with Crippen LogP contribution in [0.1, 0.15) is 29.7 Å². The molecule has 3 rings (SSSR count). The molecule has 1 amide bonds. The first-order valence-electron chi connectivity index (χ1n) is 10.4. The standard InChI is InChI=1S/C25H27ClN2O4S/c1-17-8-14-22(15-9-17)33(30,31)28(24-7-5-6-23(26)18(24)2)16-25(29)27-19(3)20-10-12-21(32-4)13-11-20/h5-15,19H,16H2,1-4H3,(H,27,29)/t19-/m1/s1. The van der Waals surface area contributed by atoms with Gasteiger partial charge in [0.25, 0.3) is 10.0 Å². The van der Waals surface area contributed by atoms with Crippen molar-refractivity contribution in [2.75, 3.05) is 18.0 Å². The summed E-state index contributed by atoms with van der Waals surface area (Å²) in [4.78, 5) is 13.1. The molecule has 0 aromatic heterocycles. The Hall–Kier alpha value is -3.03. The Morgan fingerprint density at radius 3 is 2.27 bits per heavy atom. The zero-order valence-electron chi connectivity index (χ0n) is 19.0. The van der Waals surface area contributed by atoms with Crippen LogP contribution in [0.15, 0.2) is 71.6 Å². The van der Waals surface area contributed by atoms with E-state index in [9.17, 15) is 13.2 Å². The molecule has 1 atom stereocenters. The van der Waals surface area contributed by atoms with Crippen LogP contribution in [0.3, 0.4) is 0 Å². The van der Waals surface area contributed by atoms with Crippen molar-refractivity contribution in [3.63, 3.8) is 0 Å². The minimum Gasteiger partial charge on any atom is -0.497 e. The molecule has 0 bridgehead atoms. The van der Waals surface area contributed by atoms with Gasteiger partial charge in [-0.3, -0.25) is 9.10 Å². The number of rotatable bonds is 8. The Labute approximate surface area is 200 Å². The van der Waals surface area contributed by atoms with Gasteiger partial charge in [0.2, 0.25) is 5.91 Å². The fraction of sp³-hybridized carbons (Fsp3) is 0.240. The molecule has 0 aliphatic carbocycles. The number of ether oxygens (including phenoxy) is 1. The fourth-order valence-electron chi connectivity index (χ4n) is 3.40. The minimum atomic E-state index is -4.02. The Kier molecular flexibility index (Phi) is 7.66. The highest BCUT2D eigenvalue weighted by Gasteiger charge is 2.29. The van der Waals surface area contributed by atoms with Crippen LogP contribution in [0.5, 0.6) is 5.75 Å². The highest BCUT2D eigenvalue weighted by Crippen LogP contribution is 2.31. The largest absolute Gasteiger partial charge is 0.497 e. The van der Waals surface area contributed by atoms with Crippen molar-refractivity contribution in [3.8, 4) is 5.75 Å². The van der Waals surface area contributed by atoms with E-state index < -0.39 is 22.5 Å². The van der Waals surface area contributed by atoms with Gasteiger partial charge in [-0.05, 0) is 68.3 Å². The summed E-state index contributed by atoms with van der Waals surface area (Å²) in [6.07, 6.45) is 0. The number of aryl methyl sites for hydroxylation is 1. The number of halogens is 1. The zero-order valence-corrected chi connectivity index (χ0v) is 20.6. The molecule has 3 aromatic rings. The maximum Gasteiger partial charge on any atom is 0.264 e. The van der Waals surface area contributed by atoms with Crippen LogP contribution in [0.4, 0.5) is 5.69 Å². The number of sulfonamides is 1. The third-order valence-corrected chi connectivity index (χ3v) is 7.58. The third-order valence-electron chi connectivity index (χ3n) is 5.40. The van der Waals surface area contributed by atoms with E-state index in [1.54, 1.807) is 44.4 Å². The molecule has 0 spiro atoms. The van der Waals surface area contributed by atoms with Gasteiger partial charge >= 0.3 is 0 Å². The Bertz CT molecular complexity index is 1230. The van der Waals surface area contributed by atoms with Crippen molar-refractivity contribution < 1.29 is 17.9 Å². The fourth-order valence-corrected chi connectivity index (χ4v) is 5.04. The number of hydrogen-bond donors (Lipinski definition) is 1. The van der Waals surface area contributed by atoms with Gasteiger partial charge < -0.3 is 10.1 Å². The molecular weight excluding hydrogens is 460 g/mol. The quantitative estimate of drug-likeness (QED) is 0.484. The Balaban J connectivity index is 1.91. The van der Waals surface area contributed by atoms with Crippen molar-refractivity contribution in [2.24, 2.45) is 0 Å². The van der Waals surface area contributed by atoms with Crippen molar-refractivity contribution >= 4 is 33.2 Å². The van der Waals surface area contributed by atoms with E-state index in [4.69, 9.17) is 16.3 Å². The van der Waals surface area contributed by atoms with Crippen molar-refractivity contribution in [1.29, 1.82) is 0 Å². The Morgan fingerprint density at radius 2 is 1.67 bits per heavy atom. The highest BCUT2D eigenvalue weighted by atomic mass is 35.5. The summed E-state index contributed by atoms with van der Waals surface area (Å²) >= 11 is 6.27. The summed E-state index contributed by atoms with van der Waals surface area (Å²) in [5.41, 5.74) is 2.74. The number of nitrogens with one attached hydrogen (secondary N) is 1. The van der Waals surface area contributed by atoms with Gasteiger partial charge in [-0.25, -0.2) is 8.42 Å². The normalized spacial score (nSPS) is 12.2. The maximum atomic E-state index is 13.6. The summed E-state index contributed by atoms with van der Waals surface area (Å²) in [5.74, 6) is 0.275. The third kappa shape index (κ3) is 5.67. The molecular formula is C25H27ClN2O4S. The molecule has 0 aliphatic heterocycles. The molecule has 0 saturated heterocycles. The van der Waals surface area contributed by atoms with Gasteiger partial charge in [-0.1, -0.05) is 47.5 Å². The number of carbonyl (C=O) groups excluding carboxylic acids is 1. The topological polar surface area (TPSA) is 75.7 Å². The van der Waals surface area contributed by atoms with E-state index in [-0.39, 0.29) is 10.9 Å². The van der Waals surface area contributed by atoms with E-state index in [0.717, 1.165) is 15.4 Å². The molecule has 33 heavy (non-hydrogen) atoms. The first-order chi connectivity index (χ1) is 15.6. The second-order valence-corrected chi connectivity index (χ2v) is 10.0. The van der Waals surface area contributed by atoms with E-state index in [1.165, 1.54) is 12.1 Å². The van der Waals surface area contributed by atoms with Gasteiger partial charge in [0.15, 0.2) is 0 Å². The summed E-state index contributed by atoms with van der Waals surface area (Å²) in [6, 6.07) is 18.5. The molecule has 174 valence electrons. The molecule has 0 heterocycles. The number of benzene rings is 3. The van der Waals surface area contributed by atoms with Crippen molar-refractivity contribution in [1.82, 2.24) is 5.32 Å². The molecule has 0 radical (unpaired) electrons. The number of carbonyl (C=O) groups is 1.